The van der Waals surface area contributed by atoms with Gasteiger partial charge in [-0.15, -0.1) is 0 Å². The van der Waals surface area contributed by atoms with Crippen molar-refractivity contribution in [3.63, 3.8) is 0 Å². The maximum Gasteiger partial charge on any atom is 0.352 e. The molecular weight excluding hydrogens is 258 g/mol. The Labute approximate surface area is 95.5 Å². The van der Waals surface area contributed by atoms with E-state index in [1.807, 2.05) is 19.1 Å². The zero-order valence-corrected chi connectivity index (χ0v) is 10.00. The highest BCUT2D eigenvalue weighted by Crippen LogP contribution is 2.29. The number of aryl methyl sites for hydroxylation is 2. The van der Waals surface area contributed by atoms with E-state index in [4.69, 9.17) is 5.11 Å². The number of nitrogens with zero attached hydrogens (tertiary/aromatic N) is 1. The van der Waals surface area contributed by atoms with Crippen LogP contribution in [0, 0.1) is 6.92 Å². The maximum atomic E-state index is 11.0. The zero-order chi connectivity index (χ0) is 11.2. The molecule has 1 aromatic heterocycles. The van der Waals surface area contributed by atoms with E-state index in [0.29, 0.717) is 5.69 Å². The van der Waals surface area contributed by atoms with Crippen LogP contribution in [-0.2, 0) is 7.05 Å². The van der Waals surface area contributed by atoms with Gasteiger partial charge in [0.05, 0.1) is 0 Å². The number of benzene rings is 1. The number of hydrogen-bond donors (Lipinski definition) is 1. The van der Waals surface area contributed by atoms with Crippen LogP contribution in [-0.4, -0.2) is 15.6 Å². The van der Waals surface area contributed by atoms with E-state index in [1.165, 1.54) is 0 Å². The summed E-state index contributed by atoms with van der Waals surface area (Å²) in [5.41, 5.74) is 2.33. The molecule has 0 aliphatic carbocycles. The molecule has 3 nitrogen and oxygen atoms in total. The molecule has 0 saturated carbocycles. The molecule has 0 unspecified atom stereocenters. The predicted molar refractivity (Wildman–Crippen MR) is 62.3 cm³/mol. The van der Waals surface area contributed by atoms with Gasteiger partial charge in [0, 0.05) is 22.4 Å². The van der Waals surface area contributed by atoms with Crippen molar-refractivity contribution in [2.75, 3.05) is 0 Å². The van der Waals surface area contributed by atoms with Crippen LogP contribution in [0.25, 0.3) is 10.9 Å². The van der Waals surface area contributed by atoms with Crippen molar-refractivity contribution in [2.45, 2.75) is 6.92 Å². The highest BCUT2D eigenvalue weighted by Gasteiger charge is 2.13. The number of fused-ring (bicyclic) bond motifs is 1. The Kier molecular flexibility index (Phi) is 2.31. The van der Waals surface area contributed by atoms with Crippen molar-refractivity contribution >= 4 is 32.8 Å². The van der Waals surface area contributed by atoms with Crippen molar-refractivity contribution in [2.24, 2.45) is 7.05 Å². The molecule has 15 heavy (non-hydrogen) atoms. The Hall–Kier alpha value is -1.29. The minimum Gasteiger partial charge on any atom is -0.477 e. The smallest absolute Gasteiger partial charge is 0.352 e. The summed E-state index contributed by atoms with van der Waals surface area (Å²) in [5, 5.41) is 9.93. The second-order valence-electron chi connectivity index (χ2n) is 3.52. The highest BCUT2D eigenvalue weighted by atomic mass is 79.9. The molecule has 0 bridgehead atoms. The molecule has 2 rings (SSSR count). The molecule has 0 radical (unpaired) electrons. The number of aromatic carboxylic acids is 1. The third-order valence-electron chi connectivity index (χ3n) is 2.57. The fraction of sp³-hybridized carbons (Fsp3) is 0.182. The van der Waals surface area contributed by atoms with Gasteiger partial charge in [0.1, 0.15) is 5.69 Å². The first-order valence-electron chi connectivity index (χ1n) is 4.50. The van der Waals surface area contributed by atoms with Crippen LogP contribution < -0.4 is 0 Å². The summed E-state index contributed by atoms with van der Waals surface area (Å²) in [6.45, 7) is 1.98. The van der Waals surface area contributed by atoms with E-state index in [0.717, 1.165) is 20.9 Å². The lowest BCUT2D eigenvalue weighted by molar-refractivity contribution is 0.0687. The summed E-state index contributed by atoms with van der Waals surface area (Å²) in [5.74, 6) is -0.904. The van der Waals surface area contributed by atoms with Crippen molar-refractivity contribution in [3.8, 4) is 0 Å². The number of carbonyl (C=O) groups is 1. The quantitative estimate of drug-likeness (QED) is 0.863. The Balaban J connectivity index is 2.88. The van der Waals surface area contributed by atoms with E-state index >= 15 is 0 Å². The minimum atomic E-state index is -0.904. The average Bonchev–Trinajstić information content (AvgIpc) is 2.51. The Morgan fingerprint density at radius 1 is 1.47 bits per heavy atom. The molecule has 4 heteroatoms. The van der Waals surface area contributed by atoms with Crippen molar-refractivity contribution in [3.05, 3.63) is 33.9 Å². The molecule has 0 spiro atoms. The van der Waals surface area contributed by atoms with Gasteiger partial charge >= 0.3 is 5.97 Å². The summed E-state index contributed by atoms with van der Waals surface area (Å²) in [6.07, 6.45) is 0. The molecule has 0 amide bonds. The number of halogens is 1. The third-order valence-corrected chi connectivity index (χ3v) is 3.63. The van der Waals surface area contributed by atoms with Crippen molar-refractivity contribution < 1.29 is 9.90 Å². The largest absolute Gasteiger partial charge is 0.477 e. The summed E-state index contributed by atoms with van der Waals surface area (Å²) in [7, 11) is 1.76. The molecule has 0 aliphatic heterocycles. The number of rotatable bonds is 1. The summed E-state index contributed by atoms with van der Waals surface area (Å²) in [4.78, 5) is 11.0. The lowest BCUT2D eigenvalue weighted by Gasteiger charge is -2.01. The number of carboxylic acid groups (broad SMARTS) is 1. The number of carboxylic acids is 1. The van der Waals surface area contributed by atoms with Crippen LogP contribution in [0.4, 0.5) is 0 Å². The summed E-state index contributed by atoms with van der Waals surface area (Å²) >= 11 is 3.47. The fourth-order valence-electron chi connectivity index (χ4n) is 1.69. The van der Waals surface area contributed by atoms with E-state index < -0.39 is 5.97 Å². The van der Waals surface area contributed by atoms with E-state index in [-0.39, 0.29) is 0 Å². The van der Waals surface area contributed by atoms with Crippen molar-refractivity contribution in [1.82, 2.24) is 4.57 Å². The third kappa shape index (κ3) is 1.45. The first-order valence-corrected chi connectivity index (χ1v) is 5.29. The summed E-state index contributed by atoms with van der Waals surface area (Å²) in [6, 6.07) is 5.59. The van der Waals surface area contributed by atoms with Crippen molar-refractivity contribution in [1.29, 1.82) is 0 Å². The molecule has 2 aromatic rings. The second-order valence-corrected chi connectivity index (χ2v) is 4.32. The zero-order valence-electron chi connectivity index (χ0n) is 8.41. The molecule has 1 aromatic carbocycles. The fourth-order valence-corrected chi connectivity index (χ4v) is 2.14. The normalized spacial score (nSPS) is 10.9. The van der Waals surface area contributed by atoms with Gasteiger partial charge in [-0.2, -0.15) is 0 Å². The van der Waals surface area contributed by atoms with Crippen LogP contribution in [0.1, 0.15) is 16.1 Å². The Morgan fingerprint density at radius 2 is 2.13 bits per heavy atom. The molecule has 1 N–H and O–H groups in total. The van der Waals surface area contributed by atoms with Gasteiger partial charge in [0.25, 0.3) is 0 Å². The lowest BCUT2D eigenvalue weighted by Crippen LogP contribution is -2.03. The number of hydrogen-bond acceptors (Lipinski definition) is 1. The summed E-state index contributed by atoms with van der Waals surface area (Å²) < 4.78 is 2.64. The standard InChI is InChI=1S/C11H10BrNO2/c1-6-3-4-8-7(10(6)12)5-9(11(14)15)13(8)2/h3-5H,1-2H3,(H,14,15). The first-order chi connectivity index (χ1) is 7.02. The maximum absolute atomic E-state index is 11.0. The average molecular weight is 268 g/mol. The second kappa shape index (κ2) is 3.38. The van der Waals surface area contributed by atoms with Gasteiger partial charge in [0.15, 0.2) is 0 Å². The van der Waals surface area contributed by atoms with Crippen LogP contribution in [0.5, 0.6) is 0 Å². The SMILES string of the molecule is Cc1ccc2c(cc(C(=O)O)n2C)c1Br. The topological polar surface area (TPSA) is 42.2 Å². The van der Waals surface area contributed by atoms with Crippen LogP contribution >= 0.6 is 15.9 Å². The van der Waals surface area contributed by atoms with Gasteiger partial charge < -0.3 is 9.67 Å². The Morgan fingerprint density at radius 3 is 2.73 bits per heavy atom. The van der Waals surface area contributed by atoms with Gasteiger partial charge in [-0.1, -0.05) is 6.07 Å². The Bertz CT molecular complexity index is 557. The molecule has 1 heterocycles. The molecule has 0 atom stereocenters. The van der Waals surface area contributed by atoms with Crippen LogP contribution in [0.2, 0.25) is 0 Å². The van der Waals surface area contributed by atoms with E-state index in [9.17, 15) is 4.79 Å². The minimum absolute atomic E-state index is 0.302. The monoisotopic (exact) mass is 267 g/mol. The van der Waals surface area contributed by atoms with Crippen LogP contribution in [0.15, 0.2) is 22.7 Å². The molecule has 0 aliphatic rings. The molecule has 0 saturated heterocycles. The molecule has 0 fully saturated rings. The lowest BCUT2D eigenvalue weighted by atomic mass is 10.2. The van der Waals surface area contributed by atoms with Gasteiger partial charge in [-0.25, -0.2) is 4.79 Å². The highest BCUT2D eigenvalue weighted by molar-refractivity contribution is 9.10. The van der Waals surface area contributed by atoms with E-state index in [2.05, 4.69) is 15.9 Å². The van der Waals surface area contributed by atoms with Gasteiger partial charge in [-0.3, -0.25) is 0 Å². The van der Waals surface area contributed by atoms with Gasteiger partial charge in [0.2, 0.25) is 0 Å². The van der Waals surface area contributed by atoms with Gasteiger partial charge in [-0.05, 0) is 40.5 Å². The molecular formula is C11H10BrNO2. The first kappa shape index (κ1) is 10.2. The molecule has 78 valence electrons. The van der Waals surface area contributed by atoms with Crippen LogP contribution in [0.3, 0.4) is 0 Å². The van der Waals surface area contributed by atoms with E-state index in [1.54, 1.807) is 17.7 Å². The number of aromatic nitrogens is 1. The predicted octanol–water partition coefficient (Wildman–Crippen LogP) is 2.95.